The predicted octanol–water partition coefficient (Wildman–Crippen LogP) is 1.58. The molecule has 1 aliphatic heterocycles. The molecule has 47 heavy (non-hydrogen) atoms. The van der Waals surface area contributed by atoms with E-state index < -0.39 is 0 Å². The van der Waals surface area contributed by atoms with Crippen LogP contribution in [0.1, 0.15) is 12.8 Å². The third kappa shape index (κ3) is 27.9. The Balaban J connectivity index is 1.13. The molecule has 0 unspecified atom stereocenters. The van der Waals surface area contributed by atoms with Crippen LogP contribution < -0.4 is 15.8 Å². The van der Waals surface area contributed by atoms with Crippen LogP contribution in [0, 0.1) is 0 Å². The highest BCUT2D eigenvalue weighted by Crippen LogP contribution is 2.12. The van der Waals surface area contributed by atoms with E-state index in [9.17, 15) is 0 Å². The topological polar surface area (TPSA) is 149 Å². The van der Waals surface area contributed by atoms with E-state index in [0.717, 1.165) is 31.7 Å². The molecule has 2 rings (SSSR count). The molecule has 3 N–H and O–H groups in total. The van der Waals surface area contributed by atoms with E-state index >= 15 is 0 Å². The molecule has 0 atom stereocenters. The lowest BCUT2D eigenvalue weighted by Gasteiger charge is -2.22. The van der Waals surface area contributed by atoms with Crippen molar-refractivity contribution in [2.45, 2.75) is 18.9 Å². The van der Waals surface area contributed by atoms with Crippen LogP contribution in [0.4, 0.5) is 5.69 Å². The molecule has 1 aromatic rings. The lowest BCUT2D eigenvalue weighted by Crippen LogP contribution is -2.33. The number of piperidine rings is 1. The van der Waals surface area contributed by atoms with Crippen molar-refractivity contribution in [3.63, 3.8) is 0 Å². The summed E-state index contributed by atoms with van der Waals surface area (Å²) in [4.78, 5) is 0. The molecule has 0 aliphatic carbocycles. The van der Waals surface area contributed by atoms with Crippen molar-refractivity contribution in [3.8, 4) is 5.75 Å². The van der Waals surface area contributed by atoms with Crippen LogP contribution in [0.2, 0.25) is 0 Å². The number of hydrogen-bond donors (Lipinski definition) is 2. The standard InChI is InChI=1S/C33H60N2O12/c34-31-1-3-32(4-2-31)46-29-27-44-25-23-42-21-19-40-17-15-38-13-11-36-9-10-37-12-14-39-16-18-41-20-22-43-24-26-45-28-30-47-33-5-7-35-8-6-33/h1-4,33,35H,5-30,34H2. The van der Waals surface area contributed by atoms with E-state index in [0.29, 0.717) is 157 Å². The number of benzene rings is 1. The van der Waals surface area contributed by atoms with Gasteiger partial charge < -0.3 is 67.9 Å². The van der Waals surface area contributed by atoms with Crippen molar-refractivity contribution in [2.75, 3.05) is 164 Å². The van der Waals surface area contributed by atoms with Gasteiger partial charge in [0.2, 0.25) is 0 Å². The van der Waals surface area contributed by atoms with Gasteiger partial charge >= 0.3 is 0 Å². The van der Waals surface area contributed by atoms with Crippen molar-refractivity contribution in [1.82, 2.24) is 5.32 Å². The zero-order valence-electron chi connectivity index (χ0n) is 28.2. The summed E-state index contributed by atoms with van der Waals surface area (Å²) in [5.41, 5.74) is 6.35. The molecule has 14 nitrogen and oxygen atoms in total. The molecule has 1 fully saturated rings. The first-order chi connectivity index (χ1) is 23.3. The number of rotatable bonds is 35. The third-order valence-electron chi connectivity index (χ3n) is 6.59. The number of nitrogens with two attached hydrogens (primary N) is 1. The van der Waals surface area contributed by atoms with Crippen LogP contribution >= 0.6 is 0 Å². The second kappa shape index (κ2) is 32.9. The summed E-state index contributed by atoms with van der Waals surface area (Å²) >= 11 is 0. The number of nitrogen functional groups attached to an aromatic ring is 1. The first-order valence-electron chi connectivity index (χ1n) is 16.9. The largest absolute Gasteiger partial charge is 0.491 e. The molecule has 0 aromatic heterocycles. The van der Waals surface area contributed by atoms with Gasteiger partial charge in [-0.2, -0.15) is 0 Å². The number of hydrogen-bond acceptors (Lipinski definition) is 14. The molecule has 1 aliphatic rings. The van der Waals surface area contributed by atoms with E-state index in [1.165, 1.54) is 0 Å². The van der Waals surface area contributed by atoms with Gasteiger partial charge in [0, 0.05) is 5.69 Å². The van der Waals surface area contributed by atoms with E-state index in [1.54, 1.807) is 12.1 Å². The summed E-state index contributed by atoms with van der Waals surface area (Å²) in [7, 11) is 0. The lowest BCUT2D eigenvalue weighted by atomic mass is 10.1. The Hall–Kier alpha value is -1.66. The van der Waals surface area contributed by atoms with Gasteiger partial charge in [-0.25, -0.2) is 0 Å². The van der Waals surface area contributed by atoms with Crippen molar-refractivity contribution in [1.29, 1.82) is 0 Å². The molecular formula is C33H60N2O12. The van der Waals surface area contributed by atoms with Gasteiger partial charge in [0.25, 0.3) is 0 Å². The molecular weight excluding hydrogens is 616 g/mol. The Kier molecular flexibility index (Phi) is 29.0. The molecule has 274 valence electrons. The monoisotopic (exact) mass is 676 g/mol. The first kappa shape index (κ1) is 41.5. The van der Waals surface area contributed by atoms with Crippen LogP contribution in [-0.2, 0) is 52.1 Å². The zero-order valence-corrected chi connectivity index (χ0v) is 28.2. The summed E-state index contributed by atoms with van der Waals surface area (Å²) < 4.78 is 66.3. The summed E-state index contributed by atoms with van der Waals surface area (Å²) in [5.74, 6) is 0.773. The van der Waals surface area contributed by atoms with Gasteiger partial charge in [-0.15, -0.1) is 0 Å². The SMILES string of the molecule is Nc1ccc(OCCOCCOCCOCCOCCOCCOCCOCCOCCOCCOCCOC2CCNCC2)cc1. The normalized spacial score (nSPS) is 13.8. The minimum atomic E-state index is 0.371. The summed E-state index contributed by atoms with van der Waals surface area (Å²) in [6, 6.07) is 7.27. The Labute approximate surface area is 281 Å². The highest BCUT2D eigenvalue weighted by Gasteiger charge is 2.12. The van der Waals surface area contributed by atoms with Crippen LogP contribution in [0.25, 0.3) is 0 Å². The van der Waals surface area contributed by atoms with Crippen LogP contribution in [0.5, 0.6) is 5.75 Å². The third-order valence-corrected chi connectivity index (χ3v) is 6.59. The van der Waals surface area contributed by atoms with Gasteiger partial charge in [0.15, 0.2) is 0 Å². The summed E-state index contributed by atoms with van der Waals surface area (Å²) in [6.45, 7) is 13.6. The highest BCUT2D eigenvalue weighted by atomic mass is 16.6. The quantitative estimate of drug-likeness (QED) is 0.0792. The zero-order chi connectivity index (χ0) is 33.1. The van der Waals surface area contributed by atoms with Crippen molar-refractivity contribution in [3.05, 3.63) is 24.3 Å². The molecule has 1 saturated heterocycles. The fourth-order valence-electron chi connectivity index (χ4n) is 4.10. The molecule has 1 heterocycles. The van der Waals surface area contributed by atoms with E-state index in [-0.39, 0.29) is 0 Å². The van der Waals surface area contributed by atoms with Gasteiger partial charge in [-0.05, 0) is 50.2 Å². The molecule has 1 aromatic carbocycles. The highest BCUT2D eigenvalue weighted by molar-refractivity contribution is 5.41. The molecule has 0 radical (unpaired) electrons. The summed E-state index contributed by atoms with van der Waals surface area (Å²) in [6.07, 6.45) is 2.53. The molecule has 0 spiro atoms. The van der Waals surface area contributed by atoms with Gasteiger partial charge in [-0.1, -0.05) is 0 Å². The maximum Gasteiger partial charge on any atom is 0.119 e. The van der Waals surface area contributed by atoms with Gasteiger partial charge in [0.1, 0.15) is 12.4 Å². The Morgan fingerprint density at radius 3 is 1.06 bits per heavy atom. The minimum absolute atomic E-state index is 0.371. The van der Waals surface area contributed by atoms with E-state index in [2.05, 4.69) is 5.32 Å². The molecule has 0 amide bonds. The number of anilines is 1. The summed E-state index contributed by atoms with van der Waals surface area (Å²) in [5, 5.41) is 3.33. The van der Waals surface area contributed by atoms with Crippen molar-refractivity contribution >= 4 is 5.69 Å². The second-order valence-electron chi connectivity index (χ2n) is 10.4. The van der Waals surface area contributed by atoms with Gasteiger partial charge in [0.05, 0.1) is 145 Å². The molecule has 0 saturated carbocycles. The van der Waals surface area contributed by atoms with Crippen LogP contribution in [-0.4, -0.2) is 165 Å². The molecule has 0 bridgehead atoms. The van der Waals surface area contributed by atoms with E-state index in [4.69, 9.17) is 62.6 Å². The number of nitrogens with one attached hydrogen (secondary N) is 1. The predicted molar refractivity (Wildman–Crippen MR) is 176 cm³/mol. The van der Waals surface area contributed by atoms with Crippen molar-refractivity contribution < 1.29 is 56.8 Å². The Bertz CT molecular complexity index is 774. The van der Waals surface area contributed by atoms with E-state index in [1.807, 2.05) is 12.1 Å². The van der Waals surface area contributed by atoms with Crippen molar-refractivity contribution in [2.24, 2.45) is 0 Å². The average molecular weight is 677 g/mol. The minimum Gasteiger partial charge on any atom is -0.491 e. The maximum atomic E-state index is 5.79. The fourth-order valence-corrected chi connectivity index (χ4v) is 4.10. The van der Waals surface area contributed by atoms with Crippen LogP contribution in [0.3, 0.4) is 0 Å². The van der Waals surface area contributed by atoms with Crippen LogP contribution in [0.15, 0.2) is 24.3 Å². The molecule has 14 heteroatoms. The fraction of sp³-hybridized carbons (Fsp3) is 0.818. The average Bonchev–Trinajstić information content (AvgIpc) is 3.09. The second-order valence-corrected chi connectivity index (χ2v) is 10.4. The Morgan fingerprint density at radius 2 is 0.723 bits per heavy atom. The smallest absolute Gasteiger partial charge is 0.119 e. The Morgan fingerprint density at radius 1 is 0.426 bits per heavy atom. The number of ether oxygens (including phenoxy) is 12. The first-order valence-corrected chi connectivity index (χ1v) is 16.9. The van der Waals surface area contributed by atoms with Gasteiger partial charge in [-0.3, -0.25) is 0 Å². The maximum absolute atomic E-state index is 5.79. The lowest BCUT2D eigenvalue weighted by molar-refractivity contribution is -0.0324.